The zero-order valence-corrected chi connectivity index (χ0v) is 22.0. The van der Waals surface area contributed by atoms with Gasteiger partial charge in [-0.05, 0) is 59.8 Å². The first-order valence-electron chi connectivity index (χ1n) is 13.9. The van der Waals surface area contributed by atoms with E-state index < -0.39 is 0 Å². The Bertz CT molecular complexity index is 485. The number of likely N-dealkylation sites (tertiary alicyclic amines) is 1. The zero-order chi connectivity index (χ0) is 23.0. The number of rotatable bonds is 18. The Morgan fingerprint density at radius 2 is 1.00 bits per heavy atom. The smallest absolute Gasteiger partial charge is 0.145 e. The van der Waals surface area contributed by atoms with Crippen molar-refractivity contribution in [3.63, 3.8) is 0 Å². The van der Waals surface area contributed by atoms with Gasteiger partial charge in [0.1, 0.15) is 5.94 Å². The third-order valence-corrected chi connectivity index (χ3v) is 7.44. The lowest BCUT2D eigenvalue weighted by atomic mass is 9.79. The summed E-state index contributed by atoms with van der Waals surface area (Å²) in [6.07, 6.45) is 26.7. The molecule has 0 aromatic rings. The molecule has 1 saturated heterocycles. The first-order chi connectivity index (χ1) is 14.8. The molecule has 0 amide bonds. The predicted octanol–water partition coefficient (Wildman–Crippen LogP) is 9.40. The van der Waals surface area contributed by atoms with Crippen molar-refractivity contribution in [1.29, 1.82) is 0 Å². The molecule has 1 fully saturated rings. The van der Waals surface area contributed by atoms with Gasteiger partial charge in [-0.25, -0.2) is 4.79 Å². The van der Waals surface area contributed by atoms with Crippen LogP contribution in [-0.2, 0) is 4.79 Å². The van der Waals surface area contributed by atoms with E-state index in [0.717, 1.165) is 18.5 Å². The summed E-state index contributed by atoms with van der Waals surface area (Å²) in [5.74, 6) is 2.33. The van der Waals surface area contributed by atoms with Crippen LogP contribution in [0, 0.1) is 0 Å². The van der Waals surface area contributed by atoms with E-state index in [-0.39, 0.29) is 11.1 Å². The van der Waals surface area contributed by atoms with E-state index in [9.17, 15) is 4.79 Å². The van der Waals surface area contributed by atoms with Gasteiger partial charge < -0.3 is 4.90 Å². The van der Waals surface area contributed by atoms with E-state index in [1.807, 2.05) is 0 Å². The molecule has 0 atom stereocenters. The van der Waals surface area contributed by atoms with Gasteiger partial charge in [-0.1, -0.05) is 103 Å². The van der Waals surface area contributed by atoms with Crippen LogP contribution in [0.3, 0.4) is 0 Å². The number of hydrogen-bond acceptors (Lipinski definition) is 2. The van der Waals surface area contributed by atoms with Crippen molar-refractivity contribution in [2.24, 2.45) is 0 Å². The maximum atomic E-state index is 11.8. The minimum Gasteiger partial charge on any atom is -0.356 e. The fraction of sp³-hybridized carbons (Fsp3) is 0.931. The predicted molar refractivity (Wildman–Crippen MR) is 137 cm³/mol. The molecule has 0 aromatic heterocycles. The van der Waals surface area contributed by atoms with Crippen molar-refractivity contribution in [2.45, 2.75) is 174 Å². The highest BCUT2D eigenvalue weighted by Gasteiger charge is 2.42. The van der Waals surface area contributed by atoms with Gasteiger partial charge in [-0.2, -0.15) is 0 Å². The van der Waals surface area contributed by atoms with Crippen LogP contribution in [-0.4, -0.2) is 21.9 Å². The molecule has 1 rings (SSSR count). The van der Waals surface area contributed by atoms with Crippen LogP contribution in [0.15, 0.2) is 5.70 Å². The minimum absolute atomic E-state index is 0.0730. The van der Waals surface area contributed by atoms with Crippen LogP contribution < -0.4 is 0 Å². The number of hydrogen-bond donors (Lipinski definition) is 0. The molecule has 182 valence electrons. The molecule has 0 N–H and O–H groups in total. The largest absolute Gasteiger partial charge is 0.356 e. The fourth-order valence-electron chi connectivity index (χ4n) is 5.78. The van der Waals surface area contributed by atoms with Crippen molar-refractivity contribution in [3.05, 3.63) is 5.70 Å². The Balaban J connectivity index is 2.03. The molecular formula is C29H55NO. The lowest BCUT2D eigenvalue weighted by Crippen LogP contribution is -2.57. The second kappa shape index (κ2) is 16.0. The Kier molecular flexibility index (Phi) is 14.6. The second-order valence-electron chi connectivity index (χ2n) is 11.4. The fourth-order valence-corrected chi connectivity index (χ4v) is 5.78. The van der Waals surface area contributed by atoms with Gasteiger partial charge in [0.15, 0.2) is 0 Å². The van der Waals surface area contributed by atoms with Crippen molar-refractivity contribution in [2.75, 3.05) is 0 Å². The molecule has 0 unspecified atom stereocenters. The van der Waals surface area contributed by atoms with Crippen LogP contribution in [0.5, 0.6) is 0 Å². The molecule has 1 heterocycles. The molecule has 0 bridgehead atoms. The van der Waals surface area contributed by atoms with E-state index in [4.69, 9.17) is 0 Å². The van der Waals surface area contributed by atoms with E-state index in [0.29, 0.717) is 0 Å². The summed E-state index contributed by atoms with van der Waals surface area (Å²) >= 11 is 0. The van der Waals surface area contributed by atoms with Gasteiger partial charge in [0.2, 0.25) is 0 Å². The first-order valence-corrected chi connectivity index (χ1v) is 13.9. The third-order valence-electron chi connectivity index (χ3n) is 7.44. The minimum atomic E-state index is 0.0730. The summed E-state index contributed by atoms with van der Waals surface area (Å²) in [6.45, 7) is 11.5. The molecule has 1 aliphatic rings. The van der Waals surface area contributed by atoms with Crippen molar-refractivity contribution >= 4 is 5.94 Å². The molecule has 0 spiro atoms. The summed E-state index contributed by atoms with van der Waals surface area (Å²) in [5.41, 5.74) is 1.06. The quantitative estimate of drug-likeness (QED) is 0.158. The molecule has 31 heavy (non-hydrogen) atoms. The van der Waals surface area contributed by atoms with Crippen LogP contribution in [0.1, 0.15) is 163 Å². The number of allylic oxidation sites excluding steroid dienone is 1. The number of piperidine rings is 1. The average molecular weight is 434 g/mol. The maximum absolute atomic E-state index is 11.8. The Morgan fingerprint density at radius 3 is 1.35 bits per heavy atom. The van der Waals surface area contributed by atoms with Gasteiger partial charge in [0.05, 0.1) is 5.70 Å². The van der Waals surface area contributed by atoms with Crippen molar-refractivity contribution in [1.82, 2.24) is 4.90 Å². The highest BCUT2D eigenvalue weighted by atomic mass is 16.1. The molecule has 0 aliphatic carbocycles. The van der Waals surface area contributed by atoms with Crippen molar-refractivity contribution < 1.29 is 4.79 Å². The maximum Gasteiger partial charge on any atom is 0.145 e. The van der Waals surface area contributed by atoms with Gasteiger partial charge in [0, 0.05) is 11.1 Å². The molecule has 2 nitrogen and oxygen atoms in total. The Hall–Kier alpha value is -0.750. The molecule has 0 aromatic carbocycles. The van der Waals surface area contributed by atoms with E-state index in [1.165, 1.54) is 116 Å². The number of unbranched alkanes of at least 4 members (excludes halogenated alkanes) is 15. The Morgan fingerprint density at radius 1 is 0.645 bits per heavy atom. The average Bonchev–Trinajstić information content (AvgIpc) is 2.71. The lowest BCUT2D eigenvalue weighted by Gasteiger charge is -2.54. The topological polar surface area (TPSA) is 20.3 Å². The van der Waals surface area contributed by atoms with Gasteiger partial charge in [-0.15, -0.1) is 0 Å². The van der Waals surface area contributed by atoms with Crippen LogP contribution >= 0.6 is 0 Å². The summed E-state index contributed by atoms with van der Waals surface area (Å²) in [4.78, 5) is 14.2. The zero-order valence-electron chi connectivity index (χ0n) is 22.0. The summed E-state index contributed by atoms with van der Waals surface area (Å²) in [7, 11) is 0. The van der Waals surface area contributed by atoms with Crippen molar-refractivity contribution in [3.8, 4) is 0 Å². The molecule has 2 heteroatoms. The second-order valence-corrected chi connectivity index (χ2v) is 11.4. The number of carbonyl (C=O) groups excluding carboxylic acids is 1. The SMILES string of the molecule is CCCCCCCCCCCCCCCCCCC(=C=O)N1C(C)(C)CCCC1(C)C. The third kappa shape index (κ3) is 11.6. The highest BCUT2D eigenvalue weighted by Crippen LogP contribution is 2.41. The van der Waals surface area contributed by atoms with E-state index in [2.05, 4.69) is 45.5 Å². The normalized spacial score (nSPS) is 17.5. The molecule has 1 aliphatic heterocycles. The molecular weight excluding hydrogens is 378 g/mol. The van der Waals surface area contributed by atoms with Crippen LogP contribution in [0.4, 0.5) is 0 Å². The van der Waals surface area contributed by atoms with Gasteiger partial charge in [0.25, 0.3) is 0 Å². The lowest BCUT2D eigenvalue weighted by molar-refractivity contribution is 0.00394. The van der Waals surface area contributed by atoms with Crippen LogP contribution in [0.2, 0.25) is 0 Å². The van der Waals surface area contributed by atoms with E-state index in [1.54, 1.807) is 0 Å². The molecule has 0 radical (unpaired) electrons. The monoisotopic (exact) mass is 433 g/mol. The first kappa shape index (κ1) is 28.3. The van der Waals surface area contributed by atoms with Gasteiger partial charge >= 0.3 is 0 Å². The standard InChI is InChI=1S/C29H55NO/c1-6-7-8-9-10-11-12-13-14-15-16-17-18-19-20-21-23-27(26-31)30-28(2,3)24-22-25-29(30,4)5/h6-25H2,1-5H3. The van der Waals surface area contributed by atoms with E-state index >= 15 is 0 Å². The summed E-state index contributed by atoms with van der Waals surface area (Å²) < 4.78 is 0. The Labute approximate surface area is 195 Å². The van der Waals surface area contributed by atoms with Gasteiger partial charge in [-0.3, -0.25) is 0 Å². The summed E-state index contributed by atoms with van der Waals surface area (Å²) in [5, 5.41) is 0. The molecule has 0 saturated carbocycles. The highest BCUT2D eigenvalue weighted by molar-refractivity contribution is 5.52. The van der Waals surface area contributed by atoms with Crippen LogP contribution in [0.25, 0.3) is 0 Å². The summed E-state index contributed by atoms with van der Waals surface area (Å²) in [6, 6.07) is 0. The number of nitrogens with zero attached hydrogens (tertiary/aromatic N) is 1.